The van der Waals surface area contributed by atoms with Gasteiger partial charge in [-0.05, 0) is 37.0 Å². The molecular formula is C20H20N2O. The van der Waals surface area contributed by atoms with Gasteiger partial charge in [0.15, 0.2) is 5.43 Å². The Hall–Kier alpha value is -2.55. The Balaban J connectivity index is 2.31. The van der Waals surface area contributed by atoms with Crippen molar-refractivity contribution in [3.8, 4) is 0 Å². The highest BCUT2D eigenvalue weighted by Crippen LogP contribution is 2.35. The molecule has 0 spiro atoms. The van der Waals surface area contributed by atoms with E-state index in [1.807, 2.05) is 13.0 Å². The largest absolute Gasteiger partial charge is 0.358 e. The van der Waals surface area contributed by atoms with Gasteiger partial charge in [0.25, 0.3) is 0 Å². The van der Waals surface area contributed by atoms with Crippen LogP contribution in [0.1, 0.15) is 36.6 Å². The molecule has 4 rings (SSSR count). The minimum Gasteiger partial charge on any atom is -0.358 e. The van der Waals surface area contributed by atoms with Crippen LogP contribution < -0.4 is 5.43 Å². The van der Waals surface area contributed by atoms with E-state index in [0.29, 0.717) is 5.92 Å². The molecule has 3 heteroatoms. The Kier molecular flexibility index (Phi) is 2.89. The van der Waals surface area contributed by atoms with Gasteiger partial charge in [0.05, 0.1) is 16.4 Å². The minimum atomic E-state index is 0.101. The number of para-hydroxylation sites is 1. The van der Waals surface area contributed by atoms with Crippen LogP contribution >= 0.6 is 0 Å². The van der Waals surface area contributed by atoms with Crippen LogP contribution in [0.4, 0.5) is 0 Å². The van der Waals surface area contributed by atoms with Crippen LogP contribution in [0.15, 0.2) is 35.1 Å². The molecule has 0 unspecified atom stereocenters. The molecule has 2 heterocycles. The zero-order valence-electron chi connectivity index (χ0n) is 13.9. The van der Waals surface area contributed by atoms with E-state index in [-0.39, 0.29) is 5.43 Å². The first kappa shape index (κ1) is 14.1. The van der Waals surface area contributed by atoms with E-state index >= 15 is 0 Å². The Morgan fingerprint density at radius 1 is 0.913 bits per heavy atom. The van der Waals surface area contributed by atoms with Gasteiger partial charge in [-0.1, -0.05) is 32.0 Å². The molecule has 2 aromatic heterocycles. The standard InChI is InChI=1S/C20H20N2O/c1-10(2)15-9-16(23)18-12(4)19-17(11(3)20(18)22-15)13-7-5-6-8-14(13)21-19/h5-10,21H,1-4H3,(H,22,23). The third kappa shape index (κ3) is 1.86. The zero-order chi connectivity index (χ0) is 16.3. The van der Waals surface area contributed by atoms with Crippen LogP contribution in [0, 0.1) is 13.8 Å². The average molecular weight is 304 g/mol. The predicted octanol–water partition coefficient (Wildman–Crippen LogP) is 4.90. The van der Waals surface area contributed by atoms with Gasteiger partial charge >= 0.3 is 0 Å². The lowest BCUT2D eigenvalue weighted by molar-refractivity contribution is 0.828. The fourth-order valence-corrected chi connectivity index (χ4v) is 3.61. The number of fused-ring (bicyclic) bond motifs is 4. The summed E-state index contributed by atoms with van der Waals surface area (Å²) < 4.78 is 0. The number of rotatable bonds is 1. The molecule has 0 atom stereocenters. The molecule has 2 aromatic carbocycles. The van der Waals surface area contributed by atoms with E-state index < -0.39 is 0 Å². The number of H-pyrrole nitrogens is 2. The van der Waals surface area contributed by atoms with Crippen molar-refractivity contribution < 1.29 is 0 Å². The Labute approximate surface area is 134 Å². The Morgan fingerprint density at radius 2 is 1.57 bits per heavy atom. The van der Waals surface area contributed by atoms with E-state index in [4.69, 9.17) is 0 Å². The molecule has 23 heavy (non-hydrogen) atoms. The summed E-state index contributed by atoms with van der Waals surface area (Å²) in [5.41, 5.74) is 6.40. The summed E-state index contributed by atoms with van der Waals surface area (Å²) in [6.07, 6.45) is 0. The highest BCUT2D eigenvalue weighted by molar-refractivity contribution is 6.15. The topological polar surface area (TPSA) is 48.6 Å². The monoisotopic (exact) mass is 304 g/mol. The number of aromatic nitrogens is 2. The number of hydrogen-bond acceptors (Lipinski definition) is 1. The van der Waals surface area contributed by atoms with Gasteiger partial charge < -0.3 is 9.97 Å². The lowest BCUT2D eigenvalue weighted by Crippen LogP contribution is -2.09. The molecule has 2 N–H and O–H groups in total. The van der Waals surface area contributed by atoms with Crippen LogP contribution in [-0.4, -0.2) is 9.97 Å². The molecule has 4 aromatic rings. The highest BCUT2D eigenvalue weighted by atomic mass is 16.1. The molecule has 0 aliphatic carbocycles. The summed E-state index contributed by atoms with van der Waals surface area (Å²) in [5, 5.41) is 3.22. The van der Waals surface area contributed by atoms with Gasteiger partial charge in [0.1, 0.15) is 0 Å². The van der Waals surface area contributed by atoms with Crippen molar-refractivity contribution in [2.24, 2.45) is 0 Å². The average Bonchev–Trinajstić information content (AvgIpc) is 2.91. The third-order valence-electron chi connectivity index (χ3n) is 4.88. The van der Waals surface area contributed by atoms with Gasteiger partial charge in [-0.15, -0.1) is 0 Å². The number of benzene rings is 2. The summed E-state index contributed by atoms with van der Waals surface area (Å²) in [5.74, 6) is 0.297. The normalized spacial score (nSPS) is 12.0. The molecule has 0 aliphatic rings. The van der Waals surface area contributed by atoms with Crippen LogP contribution in [0.5, 0.6) is 0 Å². The van der Waals surface area contributed by atoms with Crippen LogP contribution in [0.3, 0.4) is 0 Å². The van der Waals surface area contributed by atoms with Crippen LogP contribution in [0.2, 0.25) is 0 Å². The molecule has 0 amide bonds. The number of hydrogen-bond donors (Lipinski definition) is 2. The zero-order valence-corrected chi connectivity index (χ0v) is 13.9. The molecular weight excluding hydrogens is 284 g/mol. The van der Waals surface area contributed by atoms with E-state index in [1.54, 1.807) is 6.07 Å². The molecule has 0 bridgehead atoms. The predicted molar refractivity (Wildman–Crippen MR) is 97.5 cm³/mol. The summed E-state index contributed by atoms with van der Waals surface area (Å²) in [6, 6.07) is 10.1. The first-order valence-electron chi connectivity index (χ1n) is 8.05. The Morgan fingerprint density at radius 3 is 2.30 bits per heavy atom. The van der Waals surface area contributed by atoms with Crippen molar-refractivity contribution in [2.45, 2.75) is 33.6 Å². The van der Waals surface area contributed by atoms with Gasteiger partial charge in [-0.25, -0.2) is 0 Å². The minimum absolute atomic E-state index is 0.101. The fourth-order valence-electron chi connectivity index (χ4n) is 3.61. The van der Waals surface area contributed by atoms with E-state index in [0.717, 1.165) is 38.8 Å². The first-order chi connectivity index (χ1) is 11.0. The van der Waals surface area contributed by atoms with E-state index in [1.165, 1.54) is 10.8 Å². The van der Waals surface area contributed by atoms with E-state index in [2.05, 4.69) is 48.9 Å². The summed E-state index contributed by atoms with van der Waals surface area (Å²) in [4.78, 5) is 19.7. The number of aryl methyl sites for hydroxylation is 2. The van der Waals surface area contributed by atoms with Gasteiger partial charge in [-0.3, -0.25) is 4.79 Å². The maximum atomic E-state index is 12.7. The number of aromatic amines is 2. The van der Waals surface area contributed by atoms with Crippen LogP contribution in [-0.2, 0) is 0 Å². The first-order valence-corrected chi connectivity index (χ1v) is 8.05. The second-order valence-corrected chi connectivity index (χ2v) is 6.66. The third-order valence-corrected chi connectivity index (χ3v) is 4.88. The van der Waals surface area contributed by atoms with Crippen molar-refractivity contribution in [3.63, 3.8) is 0 Å². The van der Waals surface area contributed by atoms with Crippen molar-refractivity contribution in [1.82, 2.24) is 9.97 Å². The maximum Gasteiger partial charge on any atom is 0.190 e. The lowest BCUT2D eigenvalue weighted by Gasteiger charge is -2.12. The van der Waals surface area contributed by atoms with Gasteiger partial charge in [-0.2, -0.15) is 0 Å². The van der Waals surface area contributed by atoms with Crippen molar-refractivity contribution in [1.29, 1.82) is 0 Å². The SMILES string of the molecule is Cc1c2[nH]c3ccccc3c2c(C)c2[nH]c(C(C)C)cc(=O)c12. The van der Waals surface area contributed by atoms with Gasteiger partial charge in [0.2, 0.25) is 0 Å². The summed E-state index contributed by atoms with van der Waals surface area (Å²) in [7, 11) is 0. The molecule has 0 aliphatic heterocycles. The molecule has 0 saturated heterocycles. The smallest absolute Gasteiger partial charge is 0.190 e. The molecule has 0 saturated carbocycles. The molecule has 116 valence electrons. The molecule has 0 radical (unpaired) electrons. The van der Waals surface area contributed by atoms with Gasteiger partial charge in [0, 0.05) is 28.0 Å². The fraction of sp³-hybridized carbons (Fsp3) is 0.250. The lowest BCUT2D eigenvalue weighted by atomic mass is 9.97. The molecule has 3 nitrogen and oxygen atoms in total. The Bertz CT molecular complexity index is 1130. The van der Waals surface area contributed by atoms with Crippen molar-refractivity contribution >= 4 is 32.7 Å². The van der Waals surface area contributed by atoms with Crippen molar-refractivity contribution in [2.75, 3.05) is 0 Å². The maximum absolute atomic E-state index is 12.7. The second-order valence-electron chi connectivity index (χ2n) is 6.66. The van der Waals surface area contributed by atoms with E-state index in [9.17, 15) is 4.79 Å². The van der Waals surface area contributed by atoms with Crippen molar-refractivity contribution in [3.05, 3.63) is 57.4 Å². The second kappa shape index (κ2) is 4.72. The quantitative estimate of drug-likeness (QED) is 0.516. The molecule has 0 fully saturated rings. The summed E-state index contributed by atoms with van der Waals surface area (Å²) in [6.45, 7) is 8.33. The summed E-state index contributed by atoms with van der Waals surface area (Å²) >= 11 is 0. The van der Waals surface area contributed by atoms with Crippen LogP contribution in [0.25, 0.3) is 32.7 Å². The highest BCUT2D eigenvalue weighted by Gasteiger charge is 2.17. The number of nitrogens with one attached hydrogen (secondary N) is 2. The number of pyridine rings is 1.